The highest BCUT2D eigenvalue weighted by Gasteiger charge is 2.53. The molecule has 0 radical (unpaired) electrons. The van der Waals surface area contributed by atoms with Gasteiger partial charge in [0.15, 0.2) is 0 Å². The van der Waals surface area contributed by atoms with E-state index in [1.54, 1.807) is 0 Å². The topological polar surface area (TPSA) is 82.5 Å². The number of amides is 2. The van der Waals surface area contributed by atoms with Crippen LogP contribution in [0.15, 0.2) is 5.51 Å². The number of rotatable bonds is 3. The van der Waals surface area contributed by atoms with Gasteiger partial charge in [-0.3, -0.25) is 10.1 Å². The SMILES string of the molecule is CC(C)c1ncsc1NC(=O)N1C[C@@H](C(F)(F)F)[C@H](C(=O)O)C1. The molecule has 128 valence electrons. The van der Waals surface area contributed by atoms with Crippen molar-refractivity contribution >= 4 is 28.3 Å². The van der Waals surface area contributed by atoms with Crippen LogP contribution >= 0.6 is 11.3 Å². The van der Waals surface area contributed by atoms with Crippen molar-refractivity contribution in [2.24, 2.45) is 11.8 Å². The Kier molecular flexibility index (Phi) is 4.83. The number of hydrogen-bond acceptors (Lipinski definition) is 4. The Morgan fingerprint density at radius 1 is 1.43 bits per heavy atom. The van der Waals surface area contributed by atoms with Crippen molar-refractivity contribution in [3.8, 4) is 0 Å². The van der Waals surface area contributed by atoms with Gasteiger partial charge < -0.3 is 10.0 Å². The second-order valence-corrected chi connectivity index (χ2v) is 6.50. The fourth-order valence-electron chi connectivity index (χ4n) is 2.49. The molecule has 2 atom stereocenters. The molecule has 6 nitrogen and oxygen atoms in total. The third-order valence-electron chi connectivity index (χ3n) is 3.71. The van der Waals surface area contributed by atoms with E-state index in [0.29, 0.717) is 10.7 Å². The molecule has 10 heteroatoms. The molecule has 23 heavy (non-hydrogen) atoms. The van der Waals surface area contributed by atoms with E-state index in [2.05, 4.69) is 10.3 Å². The summed E-state index contributed by atoms with van der Waals surface area (Å²) in [6.45, 7) is 2.62. The minimum absolute atomic E-state index is 0.0461. The van der Waals surface area contributed by atoms with Crippen molar-refractivity contribution in [3.05, 3.63) is 11.2 Å². The van der Waals surface area contributed by atoms with Crippen LogP contribution in [0, 0.1) is 11.8 Å². The third-order valence-corrected chi connectivity index (χ3v) is 4.46. The second kappa shape index (κ2) is 6.34. The van der Waals surface area contributed by atoms with Gasteiger partial charge in [-0.25, -0.2) is 9.78 Å². The van der Waals surface area contributed by atoms with Crippen LogP contribution < -0.4 is 5.32 Å². The fraction of sp³-hybridized carbons (Fsp3) is 0.615. The molecule has 2 heterocycles. The summed E-state index contributed by atoms with van der Waals surface area (Å²) in [6, 6.07) is -0.742. The number of thiazole rings is 1. The van der Waals surface area contributed by atoms with Crippen molar-refractivity contribution in [3.63, 3.8) is 0 Å². The van der Waals surface area contributed by atoms with Gasteiger partial charge in [-0.1, -0.05) is 13.8 Å². The number of aromatic nitrogens is 1. The maximum atomic E-state index is 12.9. The maximum absolute atomic E-state index is 12.9. The number of likely N-dealkylation sites (tertiary alicyclic amines) is 1. The van der Waals surface area contributed by atoms with E-state index in [1.807, 2.05) is 13.8 Å². The molecule has 2 amide bonds. The van der Waals surface area contributed by atoms with Crippen LogP contribution in [0.5, 0.6) is 0 Å². The molecular weight excluding hydrogens is 335 g/mol. The van der Waals surface area contributed by atoms with E-state index in [1.165, 1.54) is 16.8 Å². The molecular formula is C13H16F3N3O3S. The van der Waals surface area contributed by atoms with Gasteiger partial charge >= 0.3 is 18.2 Å². The number of carbonyl (C=O) groups is 2. The smallest absolute Gasteiger partial charge is 0.394 e. The van der Waals surface area contributed by atoms with Crippen LogP contribution in [0.25, 0.3) is 0 Å². The van der Waals surface area contributed by atoms with Gasteiger partial charge in [-0.05, 0) is 5.92 Å². The van der Waals surface area contributed by atoms with E-state index in [-0.39, 0.29) is 5.92 Å². The van der Waals surface area contributed by atoms with Crippen molar-refractivity contribution in [2.45, 2.75) is 25.9 Å². The molecule has 1 aromatic rings. The number of nitrogens with one attached hydrogen (secondary N) is 1. The van der Waals surface area contributed by atoms with Crippen molar-refractivity contribution in [2.75, 3.05) is 18.4 Å². The van der Waals surface area contributed by atoms with Crippen molar-refractivity contribution in [1.82, 2.24) is 9.88 Å². The number of anilines is 1. The van der Waals surface area contributed by atoms with Gasteiger partial charge in [0.25, 0.3) is 0 Å². The van der Waals surface area contributed by atoms with Crippen molar-refractivity contribution in [1.29, 1.82) is 0 Å². The number of aliphatic carboxylic acids is 1. The van der Waals surface area contributed by atoms with Crippen LogP contribution in [-0.4, -0.2) is 46.3 Å². The van der Waals surface area contributed by atoms with Crippen LogP contribution in [0.3, 0.4) is 0 Å². The lowest BCUT2D eigenvalue weighted by Gasteiger charge is -2.18. The number of hydrogen-bond donors (Lipinski definition) is 2. The Balaban J connectivity index is 2.12. The highest BCUT2D eigenvalue weighted by atomic mass is 32.1. The first-order valence-electron chi connectivity index (χ1n) is 6.90. The Morgan fingerprint density at radius 3 is 2.57 bits per heavy atom. The minimum atomic E-state index is -4.66. The average molecular weight is 351 g/mol. The molecule has 1 fully saturated rings. The van der Waals surface area contributed by atoms with Gasteiger partial charge in [0.05, 0.1) is 23.0 Å². The van der Waals surface area contributed by atoms with Crippen LogP contribution in [-0.2, 0) is 4.79 Å². The lowest BCUT2D eigenvalue weighted by atomic mass is 9.96. The van der Waals surface area contributed by atoms with E-state index in [9.17, 15) is 22.8 Å². The van der Waals surface area contributed by atoms with E-state index >= 15 is 0 Å². The highest BCUT2D eigenvalue weighted by Crippen LogP contribution is 2.38. The summed E-state index contributed by atoms with van der Waals surface area (Å²) in [7, 11) is 0. The summed E-state index contributed by atoms with van der Waals surface area (Å²) in [5.74, 6) is -5.21. The summed E-state index contributed by atoms with van der Waals surface area (Å²) in [5, 5.41) is 11.9. The summed E-state index contributed by atoms with van der Waals surface area (Å²) in [4.78, 5) is 28.2. The summed E-state index contributed by atoms with van der Waals surface area (Å²) >= 11 is 1.17. The Labute approximate surface area is 134 Å². The Hall–Kier alpha value is -1.84. The summed E-state index contributed by atoms with van der Waals surface area (Å²) in [5.41, 5.74) is 2.18. The van der Waals surface area contributed by atoms with Crippen molar-refractivity contribution < 1.29 is 27.9 Å². The van der Waals surface area contributed by atoms with E-state index < -0.39 is 43.1 Å². The third kappa shape index (κ3) is 3.74. The molecule has 0 bridgehead atoms. The number of carboxylic acids is 1. The number of carboxylic acid groups (broad SMARTS) is 1. The fourth-order valence-corrected chi connectivity index (χ4v) is 3.31. The molecule has 0 aliphatic carbocycles. The van der Waals surface area contributed by atoms with Gasteiger partial charge in [0.2, 0.25) is 0 Å². The lowest BCUT2D eigenvalue weighted by Crippen LogP contribution is -2.35. The molecule has 0 saturated carbocycles. The molecule has 1 aliphatic rings. The van der Waals surface area contributed by atoms with Gasteiger partial charge in [-0.15, -0.1) is 11.3 Å². The molecule has 2 N–H and O–H groups in total. The van der Waals surface area contributed by atoms with E-state index in [0.717, 1.165) is 4.90 Å². The highest BCUT2D eigenvalue weighted by molar-refractivity contribution is 7.14. The predicted octanol–water partition coefficient (Wildman–Crippen LogP) is 2.99. The number of halogens is 3. The van der Waals surface area contributed by atoms with Gasteiger partial charge in [0, 0.05) is 13.1 Å². The zero-order chi connectivity index (χ0) is 17.4. The van der Waals surface area contributed by atoms with Gasteiger partial charge in [-0.2, -0.15) is 13.2 Å². The van der Waals surface area contributed by atoms with Crippen LogP contribution in [0.4, 0.5) is 23.0 Å². The zero-order valence-electron chi connectivity index (χ0n) is 12.4. The Bertz CT molecular complexity index is 603. The normalized spacial score (nSPS) is 21.7. The molecule has 1 aliphatic heterocycles. The lowest BCUT2D eigenvalue weighted by molar-refractivity contribution is -0.187. The first-order chi connectivity index (χ1) is 10.6. The zero-order valence-corrected chi connectivity index (χ0v) is 13.2. The second-order valence-electron chi connectivity index (χ2n) is 5.65. The minimum Gasteiger partial charge on any atom is -0.481 e. The molecule has 0 unspecified atom stereocenters. The number of alkyl halides is 3. The molecule has 1 saturated heterocycles. The van der Waals surface area contributed by atoms with E-state index in [4.69, 9.17) is 5.11 Å². The number of urea groups is 1. The number of nitrogens with zero attached hydrogens (tertiary/aromatic N) is 2. The average Bonchev–Trinajstić information content (AvgIpc) is 3.03. The summed E-state index contributed by atoms with van der Waals surface area (Å²) in [6.07, 6.45) is -4.66. The van der Waals surface area contributed by atoms with Crippen LogP contribution in [0.2, 0.25) is 0 Å². The van der Waals surface area contributed by atoms with Crippen LogP contribution in [0.1, 0.15) is 25.5 Å². The quantitative estimate of drug-likeness (QED) is 0.877. The monoisotopic (exact) mass is 351 g/mol. The molecule has 0 aromatic carbocycles. The largest absolute Gasteiger partial charge is 0.481 e. The predicted molar refractivity (Wildman–Crippen MR) is 77.5 cm³/mol. The standard InChI is InChI=1S/C13H16F3N3O3S/c1-6(2)9-10(23-5-17-9)18-12(22)19-3-7(11(20)21)8(4-19)13(14,15)16/h5-8H,3-4H2,1-2H3,(H,18,22)(H,20,21)/t7-,8-/m1/s1. The molecule has 0 spiro atoms. The number of carbonyl (C=O) groups excluding carboxylic acids is 1. The summed E-state index contributed by atoms with van der Waals surface area (Å²) < 4.78 is 38.8. The van der Waals surface area contributed by atoms with Gasteiger partial charge in [0.1, 0.15) is 5.00 Å². The maximum Gasteiger partial charge on any atom is 0.394 e. The molecule has 1 aromatic heterocycles. The first kappa shape index (κ1) is 17.5. The first-order valence-corrected chi connectivity index (χ1v) is 7.78. The molecule has 2 rings (SSSR count). The Morgan fingerprint density at radius 2 is 2.09 bits per heavy atom.